The fourth-order valence-corrected chi connectivity index (χ4v) is 4.77. The number of rotatable bonds is 8. The molecule has 3 heterocycles. The number of halogens is 4. The van der Waals surface area contributed by atoms with Crippen LogP contribution in [0.5, 0.6) is 5.75 Å². The highest BCUT2D eigenvalue weighted by molar-refractivity contribution is 5.95. The van der Waals surface area contributed by atoms with Gasteiger partial charge in [0.05, 0.1) is 25.0 Å². The van der Waals surface area contributed by atoms with Gasteiger partial charge in [-0.15, -0.1) is 0 Å². The van der Waals surface area contributed by atoms with E-state index in [9.17, 15) is 22.4 Å². The van der Waals surface area contributed by atoms with Gasteiger partial charge in [-0.1, -0.05) is 13.0 Å². The molecule has 0 bridgehead atoms. The van der Waals surface area contributed by atoms with Gasteiger partial charge in [0, 0.05) is 43.5 Å². The molecule has 2 aromatic rings. The molecule has 0 aliphatic carbocycles. The van der Waals surface area contributed by atoms with E-state index in [2.05, 4.69) is 10.2 Å². The van der Waals surface area contributed by atoms with Crippen molar-refractivity contribution in [2.75, 3.05) is 44.8 Å². The monoisotopic (exact) mass is 513 g/mol. The molecule has 1 amide bonds. The highest BCUT2D eigenvalue weighted by Crippen LogP contribution is 2.45. The first kappa shape index (κ1) is 26.4. The van der Waals surface area contributed by atoms with E-state index >= 15 is 0 Å². The van der Waals surface area contributed by atoms with Gasteiger partial charge < -0.3 is 19.5 Å². The molecule has 36 heavy (non-hydrogen) atoms. The number of carbonyl (C=O) groups is 1. The molecule has 2 aliphatic heterocycles. The Kier molecular flexibility index (Phi) is 8.21. The number of amides is 1. The minimum Gasteiger partial charge on any atom is -0.489 e. The van der Waals surface area contributed by atoms with Crippen LogP contribution in [-0.2, 0) is 14.3 Å². The number of hydrogen-bond acceptors (Lipinski definition) is 5. The van der Waals surface area contributed by atoms with Crippen molar-refractivity contribution in [3.8, 4) is 5.75 Å². The third-order valence-corrected chi connectivity index (χ3v) is 6.98. The van der Waals surface area contributed by atoms with Crippen molar-refractivity contribution in [3.05, 3.63) is 47.3 Å². The van der Waals surface area contributed by atoms with E-state index < -0.39 is 36.1 Å². The molecule has 2 saturated heterocycles. The number of aryl methyl sites for hydroxylation is 1. The molecular weight excluding hydrogens is 482 g/mol. The zero-order chi connectivity index (χ0) is 26.0. The predicted molar refractivity (Wildman–Crippen MR) is 124 cm³/mol. The summed E-state index contributed by atoms with van der Waals surface area (Å²) >= 11 is 0. The Morgan fingerprint density at radius 2 is 1.92 bits per heavy atom. The van der Waals surface area contributed by atoms with Crippen molar-refractivity contribution in [2.24, 2.45) is 5.92 Å². The minimum absolute atomic E-state index is 0.127. The van der Waals surface area contributed by atoms with Crippen LogP contribution >= 0.6 is 0 Å². The number of alkyl halides is 2. The van der Waals surface area contributed by atoms with E-state index in [0.717, 1.165) is 25.4 Å². The Bertz CT molecular complexity index is 1070. The number of hydrogen-bond donors (Lipinski definition) is 1. The van der Waals surface area contributed by atoms with Gasteiger partial charge in [0.2, 0.25) is 5.82 Å². The SMILES string of the molecule is Cc1cn(C(F)F)cc1NC(=O)[C@@H]1O[C@H](C)[C@@H](C)[C@H]1c1ccc(F)c(F)c1OCCN1CCOCC1. The van der Waals surface area contributed by atoms with E-state index in [-0.39, 0.29) is 30.1 Å². The molecule has 2 aliphatic rings. The largest absolute Gasteiger partial charge is 0.489 e. The van der Waals surface area contributed by atoms with Gasteiger partial charge in [-0.3, -0.25) is 14.3 Å². The van der Waals surface area contributed by atoms with Crippen LogP contribution in [0.4, 0.5) is 23.2 Å². The zero-order valence-corrected chi connectivity index (χ0v) is 20.5. The van der Waals surface area contributed by atoms with E-state index in [0.29, 0.717) is 35.5 Å². The van der Waals surface area contributed by atoms with Gasteiger partial charge >= 0.3 is 6.55 Å². The van der Waals surface area contributed by atoms with Crippen LogP contribution in [0, 0.1) is 24.5 Å². The highest BCUT2D eigenvalue weighted by Gasteiger charge is 2.46. The third kappa shape index (κ3) is 5.52. The maximum absolute atomic E-state index is 15.0. The number of nitrogens with zero attached hydrogens (tertiary/aromatic N) is 2. The summed E-state index contributed by atoms with van der Waals surface area (Å²) in [6.45, 7) is 5.80. The molecule has 2 fully saturated rings. The summed E-state index contributed by atoms with van der Waals surface area (Å²) in [5.41, 5.74) is 1.01. The van der Waals surface area contributed by atoms with E-state index in [1.54, 1.807) is 13.8 Å². The number of ether oxygens (including phenoxy) is 3. The summed E-state index contributed by atoms with van der Waals surface area (Å²) in [7, 11) is 0. The highest BCUT2D eigenvalue weighted by atomic mass is 19.3. The van der Waals surface area contributed by atoms with Crippen molar-refractivity contribution >= 4 is 11.6 Å². The summed E-state index contributed by atoms with van der Waals surface area (Å²) in [5, 5.41) is 2.65. The number of anilines is 1. The molecule has 0 saturated carbocycles. The Morgan fingerprint density at radius 1 is 1.19 bits per heavy atom. The average molecular weight is 514 g/mol. The van der Waals surface area contributed by atoms with E-state index in [1.807, 2.05) is 6.92 Å². The molecular formula is C25H31F4N3O4. The Balaban J connectivity index is 1.57. The average Bonchev–Trinajstić information content (AvgIpc) is 3.37. The number of morpholine rings is 1. The Hall–Kier alpha value is -2.63. The zero-order valence-electron chi connectivity index (χ0n) is 20.5. The molecule has 0 radical (unpaired) electrons. The summed E-state index contributed by atoms with van der Waals surface area (Å²) in [5.74, 6) is -3.86. The number of nitrogens with one attached hydrogen (secondary N) is 1. The van der Waals surface area contributed by atoms with Crippen molar-refractivity contribution in [1.29, 1.82) is 0 Å². The van der Waals surface area contributed by atoms with Crippen molar-refractivity contribution in [2.45, 2.75) is 45.4 Å². The molecule has 1 aromatic carbocycles. The van der Waals surface area contributed by atoms with Crippen LogP contribution in [-0.4, -0.2) is 67.0 Å². The lowest BCUT2D eigenvalue weighted by Crippen LogP contribution is -2.38. The molecule has 11 heteroatoms. The predicted octanol–water partition coefficient (Wildman–Crippen LogP) is 4.33. The van der Waals surface area contributed by atoms with Gasteiger partial charge in [0.15, 0.2) is 11.6 Å². The lowest BCUT2D eigenvalue weighted by atomic mass is 9.82. The molecule has 0 spiro atoms. The summed E-state index contributed by atoms with van der Waals surface area (Å²) in [6, 6.07) is 2.43. The molecule has 4 rings (SSSR count). The fourth-order valence-electron chi connectivity index (χ4n) is 4.77. The first-order chi connectivity index (χ1) is 17.2. The van der Waals surface area contributed by atoms with E-state index in [4.69, 9.17) is 14.2 Å². The third-order valence-electron chi connectivity index (χ3n) is 6.98. The van der Waals surface area contributed by atoms with Gasteiger partial charge in [-0.05, 0) is 31.4 Å². The van der Waals surface area contributed by atoms with Crippen molar-refractivity contribution in [1.82, 2.24) is 9.47 Å². The lowest BCUT2D eigenvalue weighted by Gasteiger charge is -2.27. The topological polar surface area (TPSA) is 65.0 Å². The summed E-state index contributed by atoms with van der Waals surface area (Å²) in [4.78, 5) is 15.3. The second-order valence-electron chi connectivity index (χ2n) is 9.30. The number of carbonyl (C=O) groups excluding carboxylic acids is 1. The van der Waals surface area contributed by atoms with Gasteiger partial charge in [-0.2, -0.15) is 13.2 Å². The van der Waals surface area contributed by atoms with Crippen LogP contribution in [0.3, 0.4) is 0 Å². The first-order valence-corrected chi connectivity index (χ1v) is 12.0. The van der Waals surface area contributed by atoms with Gasteiger partial charge in [0.1, 0.15) is 12.7 Å². The Morgan fingerprint density at radius 3 is 2.58 bits per heavy atom. The molecule has 198 valence electrons. The Labute approximate surface area is 207 Å². The molecule has 1 N–H and O–H groups in total. The van der Waals surface area contributed by atoms with Crippen molar-refractivity contribution < 1.29 is 36.6 Å². The standard InChI is InChI=1S/C25H31F4N3O4/c1-14-12-32(25(28)29)13-19(14)30-24(33)23-20(15(2)16(3)36-23)17-4-5-18(26)21(27)22(17)35-11-8-31-6-9-34-10-7-31/h4-5,12-13,15-16,20,23,25H,6-11H2,1-3H3,(H,30,33)/t15-,16-,20+,23-/m1/s1. The van der Waals surface area contributed by atoms with Crippen LogP contribution in [0.1, 0.15) is 37.4 Å². The van der Waals surface area contributed by atoms with Gasteiger partial charge in [-0.25, -0.2) is 4.39 Å². The summed E-state index contributed by atoms with van der Waals surface area (Å²) in [6.07, 6.45) is 0.948. The van der Waals surface area contributed by atoms with Crippen LogP contribution in [0.25, 0.3) is 0 Å². The van der Waals surface area contributed by atoms with Crippen LogP contribution < -0.4 is 10.1 Å². The van der Waals surface area contributed by atoms with Gasteiger partial charge in [0.25, 0.3) is 5.91 Å². The maximum atomic E-state index is 15.0. The molecule has 4 atom stereocenters. The smallest absolute Gasteiger partial charge is 0.318 e. The lowest BCUT2D eigenvalue weighted by molar-refractivity contribution is -0.127. The fraction of sp³-hybridized carbons (Fsp3) is 0.560. The van der Waals surface area contributed by atoms with Crippen LogP contribution in [0.2, 0.25) is 0 Å². The second kappa shape index (κ2) is 11.2. The van der Waals surface area contributed by atoms with Crippen LogP contribution in [0.15, 0.2) is 24.5 Å². The first-order valence-electron chi connectivity index (χ1n) is 12.0. The second-order valence-corrected chi connectivity index (χ2v) is 9.30. The quantitative estimate of drug-likeness (QED) is 0.533. The summed E-state index contributed by atoms with van der Waals surface area (Å²) < 4.78 is 73.0. The normalized spacial score (nSPS) is 24.9. The molecule has 1 aromatic heterocycles. The number of aromatic nitrogens is 1. The number of benzene rings is 1. The van der Waals surface area contributed by atoms with E-state index in [1.165, 1.54) is 12.3 Å². The van der Waals surface area contributed by atoms with Crippen molar-refractivity contribution in [3.63, 3.8) is 0 Å². The minimum atomic E-state index is -2.75. The molecule has 7 nitrogen and oxygen atoms in total. The maximum Gasteiger partial charge on any atom is 0.318 e. The molecule has 0 unspecified atom stereocenters.